The quantitative estimate of drug-likeness (QED) is 0.906. The molecule has 116 valence electrons. The lowest BCUT2D eigenvalue weighted by Crippen LogP contribution is -2.30. The third-order valence-corrected chi connectivity index (χ3v) is 4.05. The molecule has 1 aromatic carbocycles. The Morgan fingerprint density at radius 3 is 2.67 bits per heavy atom. The van der Waals surface area contributed by atoms with E-state index in [1.54, 1.807) is 11.9 Å². The van der Waals surface area contributed by atoms with Gasteiger partial charge in [0.2, 0.25) is 5.91 Å². The lowest BCUT2D eigenvalue weighted by atomic mass is 9.93. The predicted octanol–water partition coefficient (Wildman–Crippen LogP) is 2.70. The second kappa shape index (κ2) is 7.50. The lowest BCUT2D eigenvalue weighted by molar-refractivity contribution is -0.130. The minimum atomic E-state index is -0.872. The van der Waals surface area contributed by atoms with Gasteiger partial charge in [0.05, 0.1) is 0 Å². The molecule has 5 heteroatoms. The Hall–Kier alpha value is -1.49. The van der Waals surface area contributed by atoms with Gasteiger partial charge in [-0.25, -0.2) is 8.78 Å². The summed E-state index contributed by atoms with van der Waals surface area (Å²) in [6.45, 7) is 2.37. The zero-order valence-electron chi connectivity index (χ0n) is 12.4. The van der Waals surface area contributed by atoms with E-state index >= 15 is 0 Å². The van der Waals surface area contributed by atoms with Crippen molar-refractivity contribution in [3.63, 3.8) is 0 Å². The normalized spacial score (nSPS) is 16.0. The fourth-order valence-corrected chi connectivity index (χ4v) is 2.69. The second-order valence-electron chi connectivity index (χ2n) is 5.73. The van der Waals surface area contributed by atoms with Gasteiger partial charge in [0, 0.05) is 20.0 Å². The Kier molecular flexibility index (Phi) is 5.67. The molecule has 21 heavy (non-hydrogen) atoms. The van der Waals surface area contributed by atoms with Crippen molar-refractivity contribution in [3.8, 4) is 0 Å². The number of carbonyl (C=O) groups is 1. The van der Waals surface area contributed by atoms with Crippen molar-refractivity contribution in [3.05, 3.63) is 35.4 Å². The number of amides is 1. The van der Waals surface area contributed by atoms with Crippen LogP contribution in [-0.4, -0.2) is 30.9 Å². The summed E-state index contributed by atoms with van der Waals surface area (Å²) in [6.07, 6.45) is 3.67. The highest BCUT2D eigenvalue weighted by molar-refractivity contribution is 5.75. The fourth-order valence-electron chi connectivity index (χ4n) is 2.69. The molecule has 0 aromatic heterocycles. The Morgan fingerprint density at radius 1 is 1.29 bits per heavy atom. The highest BCUT2D eigenvalue weighted by atomic mass is 19.2. The summed E-state index contributed by atoms with van der Waals surface area (Å²) in [5.74, 6) is -1.06. The van der Waals surface area contributed by atoms with Gasteiger partial charge in [-0.2, -0.15) is 0 Å². The summed E-state index contributed by atoms with van der Waals surface area (Å²) < 4.78 is 26.0. The topological polar surface area (TPSA) is 32.3 Å². The van der Waals surface area contributed by atoms with Crippen molar-refractivity contribution in [1.29, 1.82) is 0 Å². The average Bonchev–Trinajstić information content (AvgIpc) is 2.49. The summed E-state index contributed by atoms with van der Waals surface area (Å²) in [7, 11) is 1.70. The molecule has 1 amide bonds. The number of halogens is 2. The Labute approximate surface area is 124 Å². The zero-order chi connectivity index (χ0) is 15.2. The molecule has 1 aliphatic rings. The van der Waals surface area contributed by atoms with Crippen molar-refractivity contribution in [2.24, 2.45) is 5.92 Å². The number of nitrogens with one attached hydrogen (secondary N) is 1. The van der Waals surface area contributed by atoms with Crippen LogP contribution in [0.4, 0.5) is 8.78 Å². The van der Waals surface area contributed by atoms with Crippen LogP contribution in [0.3, 0.4) is 0 Å². The SMILES string of the molecule is CN(Cc1ccc(F)c(F)c1)C(=O)CCC1CCNCC1. The summed E-state index contributed by atoms with van der Waals surface area (Å²) in [6, 6.07) is 3.75. The molecule has 0 unspecified atom stereocenters. The van der Waals surface area contributed by atoms with E-state index in [9.17, 15) is 13.6 Å². The number of nitrogens with zero attached hydrogens (tertiary/aromatic N) is 1. The van der Waals surface area contributed by atoms with E-state index in [-0.39, 0.29) is 5.91 Å². The van der Waals surface area contributed by atoms with Crippen LogP contribution in [-0.2, 0) is 11.3 Å². The first-order chi connectivity index (χ1) is 10.1. The van der Waals surface area contributed by atoms with Crippen LogP contribution in [0.1, 0.15) is 31.2 Å². The molecule has 0 atom stereocenters. The van der Waals surface area contributed by atoms with Crippen LogP contribution < -0.4 is 5.32 Å². The van der Waals surface area contributed by atoms with Crippen LogP contribution in [0.25, 0.3) is 0 Å². The Bertz CT molecular complexity index is 487. The van der Waals surface area contributed by atoms with E-state index in [0.29, 0.717) is 24.4 Å². The molecular weight excluding hydrogens is 274 g/mol. The smallest absolute Gasteiger partial charge is 0.222 e. The van der Waals surface area contributed by atoms with E-state index in [4.69, 9.17) is 0 Å². The van der Waals surface area contributed by atoms with Gasteiger partial charge in [0.1, 0.15) is 0 Å². The molecule has 1 N–H and O–H groups in total. The highest BCUT2D eigenvalue weighted by Gasteiger charge is 2.16. The molecule has 1 aliphatic heterocycles. The number of carbonyl (C=O) groups excluding carboxylic acids is 1. The summed E-state index contributed by atoms with van der Waals surface area (Å²) >= 11 is 0. The largest absolute Gasteiger partial charge is 0.341 e. The monoisotopic (exact) mass is 296 g/mol. The number of piperidine rings is 1. The first kappa shape index (κ1) is 15.9. The van der Waals surface area contributed by atoms with E-state index < -0.39 is 11.6 Å². The van der Waals surface area contributed by atoms with Crippen molar-refractivity contribution in [2.75, 3.05) is 20.1 Å². The molecule has 0 bridgehead atoms. The maximum absolute atomic E-state index is 13.1. The molecule has 1 fully saturated rings. The van der Waals surface area contributed by atoms with Crippen molar-refractivity contribution in [1.82, 2.24) is 10.2 Å². The summed E-state index contributed by atoms with van der Waals surface area (Å²) in [4.78, 5) is 13.7. The highest BCUT2D eigenvalue weighted by Crippen LogP contribution is 2.18. The zero-order valence-corrected chi connectivity index (χ0v) is 12.4. The predicted molar refractivity (Wildman–Crippen MR) is 77.7 cm³/mol. The number of hydrogen-bond donors (Lipinski definition) is 1. The maximum atomic E-state index is 13.1. The first-order valence-corrected chi connectivity index (χ1v) is 7.45. The Balaban J connectivity index is 1.79. The van der Waals surface area contributed by atoms with Crippen LogP contribution in [0.2, 0.25) is 0 Å². The average molecular weight is 296 g/mol. The van der Waals surface area contributed by atoms with Crippen LogP contribution in [0.5, 0.6) is 0 Å². The number of benzene rings is 1. The van der Waals surface area contributed by atoms with Crippen LogP contribution in [0.15, 0.2) is 18.2 Å². The van der Waals surface area contributed by atoms with Gasteiger partial charge in [-0.05, 0) is 56.0 Å². The molecule has 1 heterocycles. The second-order valence-corrected chi connectivity index (χ2v) is 5.73. The van der Waals surface area contributed by atoms with Gasteiger partial charge in [-0.3, -0.25) is 4.79 Å². The summed E-state index contributed by atoms with van der Waals surface area (Å²) in [5.41, 5.74) is 0.603. The van der Waals surface area contributed by atoms with Crippen molar-refractivity contribution in [2.45, 2.75) is 32.2 Å². The van der Waals surface area contributed by atoms with E-state index in [1.165, 1.54) is 6.07 Å². The van der Waals surface area contributed by atoms with Gasteiger partial charge < -0.3 is 10.2 Å². The molecule has 0 radical (unpaired) electrons. The molecule has 0 aliphatic carbocycles. The van der Waals surface area contributed by atoms with Crippen molar-refractivity contribution >= 4 is 5.91 Å². The molecule has 1 aromatic rings. The third-order valence-electron chi connectivity index (χ3n) is 4.05. The van der Waals surface area contributed by atoms with Gasteiger partial charge >= 0.3 is 0 Å². The standard InChI is InChI=1S/C16H22F2N2O/c1-20(11-13-2-4-14(17)15(18)10-13)16(21)5-3-12-6-8-19-9-7-12/h2,4,10,12,19H,3,5-9,11H2,1H3. The van der Waals surface area contributed by atoms with Crippen LogP contribution in [0, 0.1) is 17.6 Å². The number of rotatable bonds is 5. The minimum absolute atomic E-state index is 0.0539. The van der Waals surface area contributed by atoms with Crippen molar-refractivity contribution < 1.29 is 13.6 Å². The maximum Gasteiger partial charge on any atom is 0.222 e. The molecule has 1 saturated heterocycles. The first-order valence-electron chi connectivity index (χ1n) is 7.45. The summed E-state index contributed by atoms with van der Waals surface area (Å²) in [5, 5.41) is 3.31. The van der Waals surface area contributed by atoms with Crippen LogP contribution >= 0.6 is 0 Å². The molecular formula is C16H22F2N2O. The molecule has 2 rings (SSSR count). The lowest BCUT2D eigenvalue weighted by Gasteiger charge is -2.23. The van der Waals surface area contributed by atoms with Gasteiger partial charge in [0.15, 0.2) is 11.6 Å². The molecule has 3 nitrogen and oxygen atoms in total. The van der Waals surface area contributed by atoms with E-state index in [0.717, 1.165) is 44.5 Å². The Morgan fingerprint density at radius 2 is 2.00 bits per heavy atom. The van der Waals surface area contributed by atoms with Gasteiger partial charge in [-0.15, -0.1) is 0 Å². The third kappa shape index (κ3) is 4.77. The van der Waals surface area contributed by atoms with E-state index in [2.05, 4.69) is 5.32 Å². The van der Waals surface area contributed by atoms with Gasteiger partial charge in [-0.1, -0.05) is 6.07 Å². The molecule has 0 spiro atoms. The van der Waals surface area contributed by atoms with E-state index in [1.807, 2.05) is 0 Å². The minimum Gasteiger partial charge on any atom is -0.341 e. The molecule has 0 saturated carbocycles. The fraction of sp³-hybridized carbons (Fsp3) is 0.562. The van der Waals surface area contributed by atoms with Gasteiger partial charge in [0.25, 0.3) is 0 Å². The number of hydrogen-bond acceptors (Lipinski definition) is 2.